The Labute approximate surface area is 89.9 Å². The van der Waals surface area contributed by atoms with Crippen molar-refractivity contribution in [1.82, 2.24) is 4.98 Å². The zero-order chi connectivity index (χ0) is 9.90. The summed E-state index contributed by atoms with van der Waals surface area (Å²) in [6.45, 7) is 4.50. The summed E-state index contributed by atoms with van der Waals surface area (Å²) < 4.78 is 6.21. The molecule has 0 saturated heterocycles. The van der Waals surface area contributed by atoms with Gasteiger partial charge in [0.05, 0.1) is 18.7 Å². The van der Waals surface area contributed by atoms with Gasteiger partial charge in [0.25, 0.3) is 0 Å². The second-order valence-corrected chi connectivity index (χ2v) is 5.11. The third kappa shape index (κ3) is 3.25. The Balaban J connectivity index is 2.48. The van der Waals surface area contributed by atoms with Gasteiger partial charge in [0.1, 0.15) is 0 Å². The maximum Gasteiger partial charge on any atom is 0.208 e. The van der Waals surface area contributed by atoms with E-state index >= 15 is 0 Å². The molecule has 0 aromatic carbocycles. The molecule has 0 aliphatic carbocycles. The quantitative estimate of drug-likeness (QED) is 0.909. The van der Waals surface area contributed by atoms with Crippen molar-refractivity contribution in [2.24, 2.45) is 5.41 Å². The summed E-state index contributed by atoms with van der Waals surface area (Å²) in [7, 11) is 0. The van der Waals surface area contributed by atoms with E-state index in [9.17, 15) is 0 Å². The van der Waals surface area contributed by atoms with Crippen LogP contribution < -0.4 is 4.74 Å². The Kier molecular flexibility index (Phi) is 3.70. The fourth-order valence-electron chi connectivity index (χ4n) is 0.622. The summed E-state index contributed by atoms with van der Waals surface area (Å²) in [5.41, 5.74) is 1.51. The second-order valence-electron chi connectivity index (χ2n) is 3.54. The van der Waals surface area contributed by atoms with Gasteiger partial charge in [-0.05, 0) is 15.9 Å². The van der Waals surface area contributed by atoms with Gasteiger partial charge in [-0.1, -0.05) is 25.2 Å². The van der Waals surface area contributed by atoms with Gasteiger partial charge in [0.15, 0.2) is 4.60 Å². The number of halogens is 1. The molecule has 0 aliphatic rings. The number of nitrogens with zero attached hydrogens (tertiary/aromatic N) is 1. The van der Waals surface area contributed by atoms with Crippen LogP contribution in [0.15, 0.2) is 10.1 Å². The third-order valence-electron chi connectivity index (χ3n) is 1.52. The van der Waals surface area contributed by atoms with Crippen molar-refractivity contribution < 1.29 is 9.84 Å². The minimum atomic E-state index is -0.205. The molecule has 3 nitrogen and oxygen atoms in total. The first-order valence-corrected chi connectivity index (χ1v) is 5.55. The molecule has 1 heterocycles. The predicted molar refractivity (Wildman–Crippen MR) is 56.2 cm³/mol. The largest absolute Gasteiger partial charge is 0.481 e. The second kappa shape index (κ2) is 4.39. The van der Waals surface area contributed by atoms with Crippen LogP contribution in [0.2, 0.25) is 0 Å². The number of aromatic nitrogens is 1. The van der Waals surface area contributed by atoms with Gasteiger partial charge in [0, 0.05) is 5.41 Å². The number of aliphatic hydroxyl groups is 1. The summed E-state index contributed by atoms with van der Waals surface area (Å²) in [5.74, 6) is 0. The lowest BCUT2D eigenvalue weighted by atomic mass is 9.97. The van der Waals surface area contributed by atoms with Crippen molar-refractivity contribution in [3.8, 4) is 5.06 Å². The first-order chi connectivity index (χ1) is 6.05. The number of rotatable bonds is 4. The SMILES string of the molecule is CC(C)(CO)COc1scnc1Br. The van der Waals surface area contributed by atoms with Crippen molar-refractivity contribution in [2.45, 2.75) is 13.8 Å². The molecular weight excluding hydrogens is 254 g/mol. The van der Waals surface area contributed by atoms with Gasteiger partial charge in [-0.3, -0.25) is 0 Å². The zero-order valence-electron chi connectivity index (χ0n) is 7.58. The first-order valence-electron chi connectivity index (χ1n) is 3.88. The van der Waals surface area contributed by atoms with E-state index in [2.05, 4.69) is 20.9 Å². The van der Waals surface area contributed by atoms with E-state index in [1.54, 1.807) is 5.51 Å². The van der Waals surface area contributed by atoms with E-state index < -0.39 is 0 Å². The van der Waals surface area contributed by atoms with Crippen LogP contribution >= 0.6 is 27.3 Å². The average molecular weight is 266 g/mol. The van der Waals surface area contributed by atoms with Gasteiger partial charge < -0.3 is 9.84 Å². The van der Waals surface area contributed by atoms with E-state index in [0.717, 1.165) is 9.67 Å². The fourth-order valence-corrected chi connectivity index (χ4v) is 1.79. The van der Waals surface area contributed by atoms with Crippen LogP contribution in [0.3, 0.4) is 0 Å². The molecule has 0 atom stereocenters. The molecule has 13 heavy (non-hydrogen) atoms. The molecule has 0 radical (unpaired) electrons. The van der Waals surface area contributed by atoms with Gasteiger partial charge in [-0.25, -0.2) is 4.98 Å². The van der Waals surface area contributed by atoms with Gasteiger partial charge in [0.2, 0.25) is 5.06 Å². The minimum absolute atomic E-state index is 0.115. The van der Waals surface area contributed by atoms with Crippen molar-refractivity contribution in [1.29, 1.82) is 0 Å². The smallest absolute Gasteiger partial charge is 0.208 e. The molecule has 0 fully saturated rings. The normalized spacial score (nSPS) is 11.7. The van der Waals surface area contributed by atoms with E-state index in [1.165, 1.54) is 11.3 Å². The molecule has 1 aromatic heterocycles. The molecule has 1 aromatic rings. The van der Waals surface area contributed by atoms with Crippen LogP contribution in [0.1, 0.15) is 13.8 Å². The first kappa shape index (κ1) is 10.9. The molecule has 1 N–H and O–H groups in total. The highest BCUT2D eigenvalue weighted by Gasteiger charge is 2.18. The van der Waals surface area contributed by atoms with Crippen LogP contribution in [-0.2, 0) is 0 Å². The average Bonchev–Trinajstić information content (AvgIpc) is 2.48. The van der Waals surface area contributed by atoms with E-state index in [4.69, 9.17) is 9.84 Å². The molecule has 0 spiro atoms. The highest BCUT2D eigenvalue weighted by molar-refractivity contribution is 9.10. The Morgan fingerprint density at radius 3 is 2.85 bits per heavy atom. The molecule has 0 amide bonds. The Bertz CT molecular complexity index is 275. The number of hydrogen-bond donors (Lipinski definition) is 1. The lowest BCUT2D eigenvalue weighted by molar-refractivity contribution is 0.0990. The van der Waals surface area contributed by atoms with E-state index in [0.29, 0.717) is 6.61 Å². The lowest BCUT2D eigenvalue weighted by Gasteiger charge is -2.20. The summed E-state index contributed by atoms with van der Waals surface area (Å²) in [4.78, 5) is 3.99. The number of aliphatic hydroxyl groups excluding tert-OH is 1. The van der Waals surface area contributed by atoms with Crippen LogP contribution in [0.4, 0.5) is 0 Å². The van der Waals surface area contributed by atoms with Crippen LogP contribution in [0.5, 0.6) is 5.06 Å². The summed E-state index contributed by atoms with van der Waals surface area (Å²) in [6, 6.07) is 0. The summed E-state index contributed by atoms with van der Waals surface area (Å²) >= 11 is 4.71. The molecular formula is C8H12BrNO2S. The van der Waals surface area contributed by atoms with Crippen LogP contribution in [-0.4, -0.2) is 23.3 Å². The lowest BCUT2D eigenvalue weighted by Crippen LogP contribution is -2.25. The van der Waals surface area contributed by atoms with Gasteiger partial charge in [-0.2, -0.15) is 0 Å². The fraction of sp³-hybridized carbons (Fsp3) is 0.625. The highest BCUT2D eigenvalue weighted by atomic mass is 79.9. The molecule has 0 aliphatic heterocycles. The maximum atomic E-state index is 8.99. The number of hydrogen-bond acceptors (Lipinski definition) is 4. The van der Waals surface area contributed by atoms with Crippen molar-refractivity contribution in [2.75, 3.05) is 13.2 Å². The van der Waals surface area contributed by atoms with Gasteiger partial charge >= 0.3 is 0 Å². The number of thiazole rings is 1. The highest BCUT2D eigenvalue weighted by Crippen LogP contribution is 2.29. The molecule has 5 heteroatoms. The zero-order valence-corrected chi connectivity index (χ0v) is 9.98. The third-order valence-corrected chi connectivity index (χ3v) is 3.08. The van der Waals surface area contributed by atoms with Crippen LogP contribution in [0.25, 0.3) is 0 Å². The minimum Gasteiger partial charge on any atom is -0.481 e. The summed E-state index contributed by atoms with van der Waals surface area (Å²) in [5, 5.41) is 9.75. The maximum absolute atomic E-state index is 8.99. The molecule has 0 unspecified atom stereocenters. The monoisotopic (exact) mass is 265 g/mol. The van der Waals surface area contributed by atoms with Crippen molar-refractivity contribution >= 4 is 27.3 Å². The van der Waals surface area contributed by atoms with Crippen molar-refractivity contribution in [3.63, 3.8) is 0 Å². The topological polar surface area (TPSA) is 42.4 Å². The van der Waals surface area contributed by atoms with Crippen LogP contribution in [0, 0.1) is 5.41 Å². The Hall–Kier alpha value is -0.130. The predicted octanol–water partition coefficient (Wildman–Crippen LogP) is 2.30. The molecule has 0 bridgehead atoms. The Morgan fingerprint density at radius 2 is 2.38 bits per heavy atom. The van der Waals surface area contributed by atoms with E-state index in [-0.39, 0.29) is 12.0 Å². The molecule has 0 saturated carbocycles. The van der Waals surface area contributed by atoms with E-state index in [1.807, 2.05) is 13.8 Å². The number of ether oxygens (including phenoxy) is 1. The standard InChI is InChI=1S/C8H12BrNO2S/c1-8(2,3-11)4-12-7-6(9)10-5-13-7/h5,11H,3-4H2,1-2H3. The molecule has 1 rings (SSSR count). The summed E-state index contributed by atoms with van der Waals surface area (Å²) in [6.07, 6.45) is 0. The Morgan fingerprint density at radius 1 is 1.69 bits per heavy atom. The van der Waals surface area contributed by atoms with Gasteiger partial charge in [-0.15, -0.1) is 0 Å². The molecule has 74 valence electrons. The van der Waals surface area contributed by atoms with Crippen molar-refractivity contribution in [3.05, 3.63) is 10.1 Å².